The van der Waals surface area contributed by atoms with Crippen molar-refractivity contribution in [1.82, 2.24) is 0 Å². The Balaban J connectivity index is 2.44. The van der Waals surface area contributed by atoms with E-state index in [4.69, 9.17) is 4.74 Å². The maximum Gasteiger partial charge on any atom is 0.311 e. The van der Waals surface area contributed by atoms with Crippen LogP contribution in [0.3, 0.4) is 0 Å². The molecule has 0 amide bonds. The van der Waals surface area contributed by atoms with Crippen LogP contribution in [0.5, 0.6) is 0 Å². The average molecular weight is 182 g/mol. The van der Waals surface area contributed by atoms with E-state index < -0.39 is 0 Å². The number of allylic oxidation sites excluding steroid dienone is 1. The van der Waals surface area contributed by atoms with E-state index in [9.17, 15) is 4.79 Å². The van der Waals surface area contributed by atoms with E-state index in [1.54, 1.807) is 0 Å². The van der Waals surface area contributed by atoms with Crippen molar-refractivity contribution in [2.24, 2.45) is 5.41 Å². The molecule has 0 fully saturated rings. The van der Waals surface area contributed by atoms with Gasteiger partial charge in [-0.15, -0.1) is 0 Å². The standard InChI is InChI=1S/C11H18O2/c1-11(2,3)10(12)13-9-7-5-4-6-8-9/h5,7,9H,4,6,8H2,1-3H3/t9-/m0/s1. The van der Waals surface area contributed by atoms with Crippen molar-refractivity contribution in [2.75, 3.05) is 0 Å². The first-order valence-electron chi connectivity index (χ1n) is 4.88. The maximum absolute atomic E-state index is 11.5. The van der Waals surface area contributed by atoms with Gasteiger partial charge in [0.1, 0.15) is 6.10 Å². The lowest BCUT2D eigenvalue weighted by Gasteiger charge is -2.22. The number of esters is 1. The van der Waals surface area contributed by atoms with Crippen molar-refractivity contribution in [3.8, 4) is 0 Å². The summed E-state index contributed by atoms with van der Waals surface area (Å²) in [6.07, 6.45) is 7.30. The SMILES string of the molecule is CC(C)(C)C(=O)O[C@H]1C=CCCC1. The van der Waals surface area contributed by atoms with E-state index in [0.717, 1.165) is 19.3 Å². The highest BCUT2D eigenvalue weighted by Crippen LogP contribution is 2.20. The third kappa shape index (κ3) is 3.21. The molecule has 74 valence electrons. The van der Waals surface area contributed by atoms with Crippen LogP contribution in [0.4, 0.5) is 0 Å². The minimum atomic E-state index is -0.384. The molecule has 0 saturated heterocycles. The number of ether oxygens (including phenoxy) is 1. The molecule has 0 aromatic heterocycles. The van der Waals surface area contributed by atoms with Gasteiger partial charge < -0.3 is 4.74 Å². The smallest absolute Gasteiger partial charge is 0.311 e. The molecule has 1 aliphatic carbocycles. The molecule has 0 N–H and O–H groups in total. The molecule has 0 radical (unpaired) electrons. The minimum absolute atomic E-state index is 0.0143. The summed E-state index contributed by atoms with van der Waals surface area (Å²) in [6.45, 7) is 5.63. The Bertz CT molecular complexity index is 211. The second-order valence-corrected chi connectivity index (χ2v) is 4.55. The Morgan fingerprint density at radius 1 is 1.46 bits per heavy atom. The summed E-state index contributed by atoms with van der Waals surface area (Å²) in [5, 5.41) is 0. The molecule has 0 saturated carbocycles. The molecule has 0 heterocycles. The lowest BCUT2D eigenvalue weighted by molar-refractivity contribution is -0.156. The Hall–Kier alpha value is -0.790. The molecule has 1 atom stereocenters. The molecule has 0 aromatic carbocycles. The summed E-state index contributed by atoms with van der Waals surface area (Å²) in [6, 6.07) is 0. The molecule has 1 rings (SSSR count). The van der Waals surface area contributed by atoms with Gasteiger partial charge in [0, 0.05) is 0 Å². The highest BCUT2D eigenvalue weighted by atomic mass is 16.5. The maximum atomic E-state index is 11.5. The summed E-state index contributed by atoms with van der Waals surface area (Å²) in [7, 11) is 0. The molecule has 1 aliphatic rings. The fraction of sp³-hybridized carbons (Fsp3) is 0.727. The number of carbonyl (C=O) groups is 1. The summed E-state index contributed by atoms with van der Waals surface area (Å²) in [4.78, 5) is 11.5. The molecule has 0 aliphatic heterocycles. The van der Waals surface area contributed by atoms with Gasteiger partial charge in [-0.25, -0.2) is 0 Å². The molecular formula is C11H18O2. The van der Waals surface area contributed by atoms with Gasteiger partial charge in [0.15, 0.2) is 0 Å². The third-order valence-electron chi connectivity index (χ3n) is 2.08. The van der Waals surface area contributed by atoms with E-state index >= 15 is 0 Å². The van der Waals surface area contributed by atoms with Crippen molar-refractivity contribution in [3.05, 3.63) is 12.2 Å². The molecule has 0 aromatic rings. The summed E-state index contributed by atoms with van der Waals surface area (Å²) >= 11 is 0. The second-order valence-electron chi connectivity index (χ2n) is 4.55. The fourth-order valence-corrected chi connectivity index (χ4v) is 1.19. The van der Waals surface area contributed by atoms with Gasteiger partial charge in [0.2, 0.25) is 0 Å². The van der Waals surface area contributed by atoms with E-state index in [0.29, 0.717) is 0 Å². The molecule has 2 nitrogen and oxygen atoms in total. The molecule has 0 unspecified atom stereocenters. The normalized spacial score (nSPS) is 22.8. The van der Waals surface area contributed by atoms with E-state index in [-0.39, 0.29) is 17.5 Å². The van der Waals surface area contributed by atoms with Crippen LogP contribution in [-0.2, 0) is 9.53 Å². The number of rotatable bonds is 1. The van der Waals surface area contributed by atoms with Gasteiger partial charge in [0.25, 0.3) is 0 Å². The summed E-state index contributed by atoms with van der Waals surface area (Å²) in [5.74, 6) is -0.107. The summed E-state index contributed by atoms with van der Waals surface area (Å²) in [5.41, 5.74) is -0.384. The van der Waals surface area contributed by atoms with Crippen molar-refractivity contribution >= 4 is 5.97 Å². The lowest BCUT2D eigenvalue weighted by atomic mass is 9.97. The monoisotopic (exact) mass is 182 g/mol. The van der Waals surface area contributed by atoms with Gasteiger partial charge in [-0.1, -0.05) is 6.08 Å². The van der Waals surface area contributed by atoms with Gasteiger partial charge >= 0.3 is 5.97 Å². The van der Waals surface area contributed by atoms with Gasteiger partial charge in [-0.3, -0.25) is 4.79 Å². The highest BCUT2D eigenvalue weighted by molar-refractivity contribution is 5.75. The average Bonchev–Trinajstić information content (AvgIpc) is 2.04. The first kappa shape index (κ1) is 10.3. The van der Waals surface area contributed by atoms with E-state index in [1.807, 2.05) is 26.8 Å². The molecule has 0 spiro atoms. The predicted octanol–water partition coefficient (Wildman–Crippen LogP) is 2.68. The van der Waals surface area contributed by atoms with Crippen LogP contribution < -0.4 is 0 Å². The van der Waals surface area contributed by atoms with E-state index in [1.165, 1.54) is 0 Å². The summed E-state index contributed by atoms with van der Waals surface area (Å²) < 4.78 is 5.33. The van der Waals surface area contributed by atoms with Crippen LogP contribution in [-0.4, -0.2) is 12.1 Å². The largest absolute Gasteiger partial charge is 0.458 e. The number of hydrogen-bond donors (Lipinski definition) is 0. The topological polar surface area (TPSA) is 26.3 Å². The Morgan fingerprint density at radius 3 is 2.62 bits per heavy atom. The van der Waals surface area contributed by atoms with Crippen LogP contribution in [0, 0.1) is 5.41 Å². The quantitative estimate of drug-likeness (QED) is 0.460. The van der Waals surface area contributed by atoms with Crippen molar-refractivity contribution < 1.29 is 9.53 Å². The Labute approximate surface area is 80.0 Å². The first-order chi connectivity index (χ1) is 6.00. The predicted molar refractivity (Wildman–Crippen MR) is 52.3 cm³/mol. The fourth-order valence-electron chi connectivity index (χ4n) is 1.19. The van der Waals surface area contributed by atoms with E-state index in [2.05, 4.69) is 6.08 Å². The van der Waals surface area contributed by atoms with Crippen molar-refractivity contribution in [2.45, 2.75) is 46.1 Å². The van der Waals surface area contributed by atoms with Crippen LogP contribution in [0.25, 0.3) is 0 Å². The van der Waals surface area contributed by atoms with Crippen LogP contribution >= 0.6 is 0 Å². The Kier molecular flexibility index (Phi) is 3.12. The molecular weight excluding hydrogens is 164 g/mol. The molecule has 2 heteroatoms. The van der Waals surface area contributed by atoms with Gasteiger partial charge in [-0.05, 0) is 46.1 Å². The van der Waals surface area contributed by atoms with Gasteiger partial charge in [0.05, 0.1) is 5.41 Å². The number of carbonyl (C=O) groups excluding carboxylic acids is 1. The lowest BCUT2D eigenvalue weighted by Crippen LogP contribution is -2.28. The molecule has 0 bridgehead atoms. The van der Waals surface area contributed by atoms with Crippen molar-refractivity contribution in [3.63, 3.8) is 0 Å². The number of hydrogen-bond acceptors (Lipinski definition) is 2. The van der Waals surface area contributed by atoms with Gasteiger partial charge in [-0.2, -0.15) is 0 Å². The van der Waals surface area contributed by atoms with Crippen molar-refractivity contribution in [1.29, 1.82) is 0 Å². The Morgan fingerprint density at radius 2 is 2.15 bits per heavy atom. The first-order valence-corrected chi connectivity index (χ1v) is 4.88. The molecule has 13 heavy (non-hydrogen) atoms. The van der Waals surface area contributed by atoms with Crippen LogP contribution in [0.15, 0.2) is 12.2 Å². The van der Waals surface area contributed by atoms with Crippen LogP contribution in [0.1, 0.15) is 40.0 Å². The van der Waals surface area contributed by atoms with Crippen LogP contribution in [0.2, 0.25) is 0 Å². The minimum Gasteiger partial charge on any atom is -0.458 e. The zero-order valence-electron chi connectivity index (χ0n) is 8.67. The second kappa shape index (κ2) is 3.95. The zero-order valence-corrected chi connectivity index (χ0v) is 8.67. The highest BCUT2D eigenvalue weighted by Gasteiger charge is 2.25. The zero-order chi connectivity index (χ0) is 9.90. The third-order valence-corrected chi connectivity index (χ3v) is 2.08.